The zero-order valence-corrected chi connectivity index (χ0v) is 14.6. The van der Waals surface area contributed by atoms with Crippen LogP contribution in [0, 0.1) is 0 Å². The monoisotopic (exact) mass is 376 g/mol. The van der Waals surface area contributed by atoms with E-state index in [1.807, 2.05) is 0 Å². The number of hydrogen-bond acceptors (Lipinski definition) is 3. The Labute approximate surface area is 140 Å². The number of ether oxygens (including phenoxy) is 1. The summed E-state index contributed by atoms with van der Waals surface area (Å²) >= 11 is 3.38. The molecule has 3 N–H and O–H groups in total. The SMILES string of the molecule is COc1ccc(C(=O)NCC2(N)CCCCC2)cc1Br.Cl. The maximum absolute atomic E-state index is 12.2. The van der Waals surface area contributed by atoms with Crippen molar-refractivity contribution in [2.45, 2.75) is 37.6 Å². The molecule has 1 aromatic rings. The van der Waals surface area contributed by atoms with E-state index in [1.54, 1.807) is 25.3 Å². The van der Waals surface area contributed by atoms with E-state index in [2.05, 4.69) is 21.2 Å². The van der Waals surface area contributed by atoms with Crippen molar-refractivity contribution in [3.63, 3.8) is 0 Å². The van der Waals surface area contributed by atoms with Gasteiger partial charge in [0.2, 0.25) is 0 Å². The van der Waals surface area contributed by atoms with Gasteiger partial charge in [0, 0.05) is 17.6 Å². The first kappa shape index (κ1) is 18.3. The predicted molar refractivity (Wildman–Crippen MR) is 90.3 cm³/mol. The van der Waals surface area contributed by atoms with Gasteiger partial charge in [0.15, 0.2) is 0 Å². The molecule has 6 heteroatoms. The second kappa shape index (κ2) is 8.01. The second-order valence-electron chi connectivity index (χ2n) is 5.46. The van der Waals surface area contributed by atoms with E-state index in [0.717, 1.165) is 30.2 Å². The fourth-order valence-electron chi connectivity index (χ4n) is 2.60. The largest absolute Gasteiger partial charge is 0.496 e. The van der Waals surface area contributed by atoms with Crippen molar-refractivity contribution in [3.05, 3.63) is 28.2 Å². The molecule has 1 saturated carbocycles. The summed E-state index contributed by atoms with van der Waals surface area (Å²) < 4.78 is 5.92. The summed E-state index contributed by atoms with van der Waals surface area (Å²) in [6.07, 6.45) is 5.53. The zero-order valence-electron chi connectivity index (χ0n) is 12.2. The second-order valence-corrected chi connectivity index (χ2v) is 6.31. The van der Waals surface area contributed by atoms with Gasteiger partial charge in [-0.25, -0.2) is 0 Å². The van der Waals surface area contributed by atoms with Gasteiger partial charge in [0.1, 0.15) is 5.75 Å². The fourth-order valence-corrected chi connectivity index (χ4v) is 3.14. The van der Waals surface area contributed by atoms with Gasteiger partial charge in [0.25, 0.3) is 5.91 Å². The Hall–Kier alpha value is -0.780. The van der Waals surface area contributed by atoms with E-state index in [-0.39, 0.29) is 23.9 Å². The minimum absolute atomic E-state index is 0. The molecule has 4 nitrogen and oxygen atoms in total. The van der Waals surface area contributed by atoms with Crippen molar-refractivity contribution in [1.82, 2.24) is 5.32 Å². The molecule has 21 heavy (non-hydrogen) atoms. The summed E-state index contributed by atoms with van der Waals surface area (Å²) in [6, 6.07) is 5.29. The van der Waals surface area contributed by atoms with Crippen LogP contribution in [0.4, 0.5) is 0 Å². The van der Waals surface area contributed by atoms with Crippen molar-refractivity contribution in [2.24, 2.45) is 5.73 Å². The Morgan fingerprint density at radius 1 is 1.38 bits per heavy atom. The number of nitrogens with one attached hydrogen (secondary N) is 1. The lowest BCUT2D eigenvalue weighted by molar-refractivity contribution is 0.0937. The first-order chi connectivity index (χ1) is 9.54. The standard InChI is InChI=1S/C15H21BrN2O2.ClH/c1-20-13-6-5-11(9-12(13)16)14(19)18-10-15(17)7-3-2-4-8-15;/h5-6,9H,2-4,7-8,10,17H2,1H3,(H,18,19);1H. The average molecular weight is 378 g/mol. The van der Waals surface area contributed by atoms with Crippen molar-refractivity contribution in [2.75, 3.05) is 13.7 Å². The molecule has 1 fully saturated rings. The molecule has 0 unspecified atom stereocenters. The third kappa shape index (κ3) is 4.87. The summed E-state index contributed by atoms with van der Waals surface area (Å²) in [7, 11) is 1.60. The highest BCUT2D eigenvalue weighted by molar-refractivity contribution is 9.10. The molecular formula is C15H22BrClN2O2. The van der Waals surface area contributed by atoms with Gasteiger partial charge in [-0.3, -0.25) is 4.79 Å². The van der Waals surface area contributed by atoms with Gasteiger partial charge in [0.05, 0.1) is 11.6 Å². The van der Waals surface area contributed by atoms with Crippen LogP contribution in [0.15, 0.2) is 22.7 Å². The Morgan fingerprint density at radius 2 is 2.05 bits per heavy atom. The molecule has 1 aliphatic rings. The molecule has 1 aliphatic carbocycles. The van der Waals surface area contributed by atoms with Gasteiger partial charge in [-0.15, -0.1) is 12.4 Å². The van der Waals surface area contributed by atoms with Crippen LogP contribution in [-0.4, -0.2) is 25.1 Å². The van der Waals surface area contributed by atoms with E-state index >= 15 is 0 Å². The number of halogens is 2. The number of carbonyl (C=O) groups excluding carboxylic acids is 1. The first-order valence-corrected chi connectivity index (χ1v) is 7.74. The molecule has 2 rings (SSSR count). The highest BCUT2D eigenvalue weighted by atomic mass is 79.9. The van der Waals surface area contributed by atoms with Crippen LogP contribution in [0.25, 0.3) is 0 Å². The normalized spacial score (nSPS) is 16.7. The Morgan fingerprint density at radius 3 is 2.62 bits per heavy atom. The number of carbonyl (C=O) groups is 1. The number of nitrogens with two attached hydrogens (primary N) is 1. The Bertz CT molecular complexity index is 491. The number of hydrogen-bond donors (Lipinski definition) is 2. The highest BCUT2D eigenvalue weighted by Crippen LogP contribution is 2.27. The zero-order chi connectivity index (χ0) is 14.6. The number of methoxy groups -OCH3 is 1. The number of rotatable bonds is 4. The lowest BCUT2D eigenvalue weighted by atomic mass is 9.82. The highest BCUT2D eigenvalue weighted by Gasteiger charge is 2.27. The topological polar surface area (TPSA) is 64.3 Å². The number of amides is 1. The molecule has 0 aromatic heterocycles. The van der Waals surface area contributed by atoms with E-state index in [4.69, 9.17) is 10.5 Å². The van der Waals surface area contributed by atoms with Crippen molar-refractivity contribution in [3.8, 4) is 5.75 Å². The van der Waals surface area contributed by atoms with Crippen LogP contribution >= 0.6 is 28.3 Å². The van der Waals surface area contributed by atoms with Crippen LogP contribution in [0.3, 0.4) is 0 Å². The summed E-state index contributed by atoms with van der Waals surface area (Å²) in [5, 5.41) is 2.95. The first-order valence-electron chi connectivity index (χ1n) is 6.95. The smallest absolute Gasteiger partial charge is 0.251 e. The van der Waals surface area contributed by atoms with E-state index in [0.29, 0.717) is 17.9 Å². The molecule has 1 aromatic carbocycles. The van der Waals surface area contributed by atoms with Gasteiger partial charge >= 0.3 is 0 Å². The molecule has 0 heterocycles. The molecule has 0 spiro atoms. The van der Waals surface area contributed by atoms with Crippen molar-refractivity contribution >= 4 is 34.2 Å². The van der Waals surface area contributed by atoms with E-state index < -0.39 is 0 Å². The molecule has 0 bridgehead atoms. The molecule has 0 radical (unpaired) electrons. The van der Waals surface area contributed by atoms with Gasteiger partial charge in [-0.1, -0.05) is 19.3 Å². The number of benzene rings is 1. The lowest BCUT2D eigenvalue weighted by Gasteiger charge is -2.33. The van der Waals surface area contributed by atoms with Crippen LogP contribution in [0.5, 0.6) is 5.75 Å². The van der Waals surface area contributed by atoms with Gasteiger partial charge in [-0.05, 0) is 47.0 Å². The third-order valence-corrected chi connectivity index (χ3v) is 4.48. The van der Waals surface area contributed by atoms with E-state index in [1.165, 1.54) is 6.42 Å². The fraction of sp³-hybridized carbons (Fsp3) is 0.533. The molecule has 0 aliphatic heterocycles. The van der Waals surface area contributed by atoms with Gasteiger partial charge in [-0.2, -0.15) is 0 Å². The van der Waals surface area contributed by atoms with Crippen LogP contribution in [0.2, 0.25) is 0 Å². The molecule has 0 atom stereocenters. The summed E-state index contributed by atoms with van der Waals surface area (Å²) in [4.78, 5) is 12.2. The van der Waals surface area contributed by atoms with Crippen LogP contribution < -0.4 is 15.8 Å². The van der Waals surface area contributed by atoms with Crippen LogP contribution in [0.1, 0.15) is 42.5 Å². The molecule has 118 valence electrons. The van der Waals surface area contributed by atoms with Gasteiger partial charge < -0.3 is 15.8 Å². The minimum atomic E-state index is -0.238. The average Bonchev–Trinajstić information content (AvgIpc) is 2.45. The summed E-state index contributed by atoms with van der Waals surface area (Å²) in [5.74, 6) is 0.618. The lowest BCUT2D eigenvalue weighted by Crippen LogP contribution is -2.51. The maximum Gasteiger partial charge on any atom is 0.251 e. The molecule has 0 saturated heterocycles. The van der Waals surface area contributed by atoms with E-state index in [9.17, 15) is 4.79 Å². The summed E-state index contributed by atoms with van der Waals surface area (Å²) in [6.45, 7) is 0.537. The van der Waals surface area contributed by atoms with Crippen molar-refractivity contribution < 1.29 is 9.53 Å². The predicted octanol–water partition coefficient (Wildman–Crippen LogP) is 3.27. The summed E-state index contributed by atoms with van der Waals surface area (Å²) in [5.41, 5.74) is 6.69. The third-order valence-electron chi connectivity index (χ3n) is 3.86. The van der Waals surface area contributed by atoms with Crippen molar-refractivity contribution in [1.29, 1.82) is 0 Å². The minimum Gasteiger partial charge on any atom is -0.496 e. The Kier molecular flexibility index (Phi) is 6.97. The molecule has 1 amide bonds. The maximum atomic E-state index is 12.2. The molecular weight excluding hydrogens is 356 g/mol. The Balaban J connectivity index is 0.00000220. The quantitative estimate of drug-likeness (QED) is 0.846. The van der Waals surface area contributed by atoms with Crippen LogP contribution in [-0.2, 0) is 0 Å².